The van der Waals surface area contributed by atoms with Crippen molar-refractivity contribution in [2.45, 2.75) is 13.5 Å². The summed E-state index contributed by atoms with van der Waals surface area (Å²) in [5.41, 5.74) is 0.542. The number of benzene rings is 1. The van der Waals surface area contributed by atoms with E-state index in [2.05, 4.69) is 0 Å². The number of nitrogens with zero attached hydrogens (tertiary/aromatic N) is 2. The first-order valence-electron chi connectivity index (χ1n) is 6.08. The molecule has 6 nitrogen and oxygen atoms in total. The molecule has 0 saturated heterocycles. The number of aryl methyl sites for hydroxylation is 2. The van der Waals surface area contributed by atoms with Gasteiger partial charge in [0.15, 0.2) is 0 Å². The second-order valence-electron chi connectivity index (χ2n) is 4.95. The molecule has 1 heterocycles. The molecule has 0 saturated carbocycles. The summed E-state index contributed by atoms with van der Waals surface area (Å²) in [5.74, 6) is -0.237. The van der Waals surface area contributed by atoms with Crippen molar-refractivity contribution in [2.75, 3.05) is 12.0 Å². The summed E-state index contributed by atoms with van der Waals surface area (Å²) in [6.07, 6.45) is 1.08. The molecule has 0 bridgehead atoms. The maximum Gasteiger partial charge on any atom is 0.331 e. The smallest absolute Gasteiger partial charge is 0.296 e. The maximum absolute atomic E-state index is 12.3. The Morgan fingerprint density at radius 3 is 2.45 bits per heavy atom. The van der Waals surface area contributed by atoms with Crippen LogP contribution in [0.5, 0.6) is 0 Å². The van der Waals surface area contributed by atoms with E-state index in [1.54, 1.807) is 25.2 Å². The zero-order chi connectivity index (χ0) is 15.1. The van der Waals surface area contributed by atoms with Crippen molar-refractivity contribution in [3.05, 3.63) is 44.6 Å². The normalized spacial score (nSPS) is 11.9. The highest BCUT2D eigenvalue weighted by Crippen LogP contribution is 2.09. The fourth-order valence-electron chi connectivity index (χ4n) is 2.07. The standard InChI is InChI=1S/C13H16N2O4S/c1-9-4-5-10-11(8-9)14(2)13(17)15(12(10)16)6-7-20(3,18)19/h4-5,8H,6-7H2,1-3H3. The Morgan fingerprint density at radius 2 is 1.85 bits per heavy atom. The van der Waals surface area contributed by atoms with Crippen LogP contribution in [0.3, 0.4) is 0 Å². The third kappa shape index (κ3) is 2.67. The predicted molar refractivity (Wildman–Crippen MR) is 77.9 cm³/mol. The largest absolute Gasteiger partial charge is 0.331 e. The zero-order valence-corrected chi connectivity index (χ0v) is 12.4. The molecular formula is C13H16N2O4S. The van der Waals surface area contributed by atoms with Crippen LogP contribution < -0.4 is 11.2 Å². The lowest BCUT2D eigenvalue weighted by Crippen LogP contribution is -2.40. The van der Waals surface area contributed by atoms with Gasteiger partial charge in [-0.3, -0.25) is 13.9 Å². The van der Waals surface area contributed by atoms with Gasteiger partial charge < -0.3 is 0 Å². The molecule has 0 aliphatic rings. The number of hydrogen-bond donors (Lipinski definition) is 0. The first-order valence-corrected chi connectivity index (χ1v) is 8.14. The van der Waals surface area contributed by atoms with Gasteiger partial charge in [-0.1, -0.05) is 6.07 Å². The minimum absolute atomic E-state index is 0.131. The number of fused-ring (bicyclic) bond motifs is 1. The van der Waals surface area contributed by atoms with Crippen LogP contribution >= 0.6 is 0 Å². The van der Waals surface area contributed by atoms with Crippen molar-refractivity contribution < 1.29 is 8.42 Å². The summed E-state index contributed by atoms with van der Waals surface area (Å²) < 4.78 is 24.7. The Labute approximate surface area is 116 Å². The number of rotatable bonds is 3. The fourth-order valence-corrected chi connectivity index (χ4v) is 2.58. The van der Waals surface area contributed by atoms with Crippen molar-refractivity contribution in [1.29, 1.82) is 0 Å². The monoisotopic (exact) mass is 296 g/mol. The summed E-state index contributed by atoms with van der Waals surface area (Å²) in [5, 5.41) is 0.409. The van der Waals surface area contributed by atoms with Crippen LogP contribution in [0, 0.1) is 6.92 Å². The van der Waals surface area contributed by atoms with Crippen LogP contribution in [0.15, 0.2) is 27.8 Å². The molecule has 1 aromatic carbocycles. The van der Waals surface area contributed by atoms with Gasteiger partial charge in [-0.2, -0.15) is 0 Å². The minimum Gasteiger partial charge on any atom is -0.296 e. The Morgan fingerprint density at radius 1 is 1.20 bits per heavy atom. The van der Waals surface area contributed by atoms with Gasteiger partial charge >= 0.3 is 5.69 Å². The van der Waals surface area contributed by atoms with Gasteiger partial charge in [0.1, 0.15) is 9.84 Å². The van der Waals surface area contributed by atoms with E-state index in [0.717, 1.165) is 16.4 Å². The summed E-state index contributed by atoms with van der Waals surface area (Å²) in [7, 11) is -1.67. The number of hydrogen-bond acceptors (Lipinski definition) is 4. The molecule has 0 radical (unpaired) electrons. The van der Waals surface area contributed by atoms with E-state index in [4.69, 9.17) is 0 Å². The van der Waals surface area contributed by atoms with Crippen LogP contribution in [-0.4, -0.2) is 29.6 Å². The molecule has 0 aliphatic heterocycles. The second-order valence-corrected chi connectivity index (χ2v) is 7.21. The van der Waals surface area contributed by atoms with Crippen LogP contribution in [0.25, 0.3) is 10.9 Å². The molecule has 1 aromatic heterocycles. The minimum atomic E-state index is -3.24. The van der Waals surface area contributed by atoms with E-state index >= 15 is 0 Å². The van der Waals surface area contributed by atoms with E-state index in [1.807, 2.05) is 6.92 Å². The van der Waals surface area contributed by atoms with Crippen molar-refractivity contribution in [2.24, 2.45) is 7.05 Å². The molecule has 7 heteroatoms. The third-order valence-electron chi connectivity index (χ3n) is 3.19. The van der Waals surface area contributed by atoms with Crippen molar-refractivity contribution in [3.8, 4) is 0 Å². The van der Waals surface area contributed by atoms with Crippen molar-refractivity contribution >= 4 is 20.7 Å². The van der Waals surface area contributed by atoms with E-state index in [9.17, 15) is 18.0 Å². The van der Waals surface area contributed by atoms with E-state index in [1.165, 1.54) is 4.57 Å². The SMILES string of the molecule is Cc1ccc2c(=O)n(CCS(C)(=O)=O)c(=O)n(C)c2c1. The molecule has 0 N–H and O–H groups in total. The highest BCUT2D eigenvalue weighted by Gasteiger charge is 2.12. The summed E-state index contributed by atoms with van der Waals surface area (Å²) in [6, 6.07) is 5.21. The Bertz CT molecular complexity index is 891. The number of sulfone groups is 1. The molecule has 2 rings (SSSR count). The Kier molecular flexibility index (Phi) is 3.56. The van der Waals surface area contributed by atoms with Crippen molar-refractivity contribution in [1.82, 2.24) is 9.13 Å². The molecule has 20 heavy (non-hydrogen) atoms. The highest BCUT2D eigenvalue weighted by atomic mass is 32.2. The van der Waals surface area contributed by atoms with Crippen LogP contribution in [-0.2, 0) is 23.4 Å². The topological polar surface area (TPSA) is 78.1 Å². The zero-order valence-electron chi connectivity index (χ0n) is 11.6. The van der Waals surface area contributed by atoms with Gasteiger partial charge in [-0.15, -0.1) is 0 Å². The average molecular weight is 296 g/mol. The molecular weight excluding hydrogens is 280 g/mol. The third-order valence-corrected chi connectivity index (χ3v) is 4.12. The second kappa shape index (κ2) is 4.90. The summed E-state index contributed by atoms with van der Waals surface area (Å²) in [4.78, 5) is 24.4. The molecule has 0 spiro atoms. The first-order chi connectivity index (χ1) is 9.20. The highest BCUT2D eigenvalue weighted by molar-refractivity contribution is 7.90. The fraction of sp³-hybridized carbons (Fsp3) is 0.385. The van der Waals surface area contributed by atoms with Gasteiger partial charge in [0.25, 0.3) is 5.56 Å². The van der Waals surface area contributed by atoms with Gasteiger partial charge in [0.2, 0.25) is 0 Å². The molecule has 108 valence electrons. The molecule has 0 fully saturated rings. The lowest BCUT2D eigenvalue weighted by Gasteiger charge is -2.10. The molecule has 0 amide bonds. The van der Waals surface area contributed by atoms with E-state index in [-0.39, 0.29) is 12.3 Å². The van der Waals surface area contributed by atoms with E-state index < -0.39 is 21.1 Å². The van der Waals surface area contributed by atoms with Gasteiger partial charge in [0, 0.05) is 19.8 Å². The molecule has 2 aromatic rings. The lowest BCUT2D eigenvalue weighted by atomic mass is 10.2. The van der Waals surface area contributed by atoms with Crippen LogP contribution in [0.1, 0.15) is 5.56 Å². The maximum atomic E-state index is 12.3. The summed E-state index contributed by atoms with van der Waals surface area (Å²) >= 11 is 0. The lowest BCUT2D eigenvalue weighted by molar-refractivity contribution is 0.584. The average Bonchev–Trinajstić information content (AvgIpc) is 2.34. The van der Waals surface area contributed by atoms with Crippen LogP contribution in [0.2, 0.25) is 0 Å². The molecule has 0 unspecified atom stereocenters. The predicted octanol–water partition coefficient (Wildman–Crippen LogP) is 0.0532. The summed E-state index contributed by atoms with van der Waals surface area (Å²) in [6.45, 7) is 1.74. The molecule has 0 aliphatic carbocycles. The quantitative estimate of drug-likeness (QED) is 0.802. The van der Waals surface area contributed by atoms with Gasteiger partial charge in [-0.25, -0.2) is 13.2 Å². The Hall–Kier alpha value is -1.89. The number of aromatic nitrogens is 2. The molecule has 0 atom stereocenters. The van der Waals surface area contributed by atoms with Gasteiger partial charge in [0.05, 0.1) is 16.7 Å². The Balaban J connectivity index is 2.72. The first kappa shape index (κ1) is 14.5. The van der Waals surface area contributed by atoms with Crippen LogP contribution in [0.4, 0.5) is 0 Å². The van der Waals surface area contributed by atoms with Crippen molar-refractivity contribution in [3.63, 3.8) is 0 Å². The van der Waals surface area contributed by atoms with Gasteiger partial charge in [-0.05, 0) is 24.6 Å². The van der Waals surface area contributed by atoms with E-state index in [0.29, 0.717) is 10.9 Å².